The van der Waals surface area contributed by atoms with Crippen LogP contribution in [0.4, 0.5) is 0 Å². The van der Waals surface area contributed by atoms with Crippen LogP contribution in [0.2, 0.25) is 10.0 Å². The van der Waals surface area contributed by atoms with Gasteiger partial charge in [-0.05, 0) is 42.8 Å². The number of nitrogens with zero attached hydrogens (tertiary/aromatic N) is 1. The van der Waals surface area contributed by atoms with E-state index in [1.54, 1.807) is 0 Å². The molecule has 3 heterocycles. The van der Waals surface area contributed by atoms with Crippen LogP contribution in [0.3, 0.4) is 0 Å². The molecule has 5 nitrogen and oxygen atoms in total. The van der Waals surface area contributed by atoms with Crippen LogP contribution in [0.1, 0.15) is 11.3 Å². The fraction of sp³-hybridized carbons (Fsp3) is 0.333. The molecule has 28 heavy (non-hydrogen) atoms. The van der Waals surface area contributed by atoms with Gasteiger partial charge < -0.3 is 24.1 Å². The number of benzene rings is 2. The maximum absolute atomic E-state index is 6.59. The molecule has 0 aliphatic carbocycles. The van der Waals surface area contributed by atoms with Crippen LogP contribution in [-0.2, 0) is 19.4 Å². The molecule has 2 aromatic carbocycles. The molecule has 0 spiro atoms. The summed E-state index contributed by atoms with van der Waals surface area (Å²) < 4.78 is 19.1. The lowest BCUT2D eigenvalue weighted by Crippen LogP contribution is -2.18. The smallest absolute Gasteiger partial charge is 0.231 e. The SMILES string of the molecule is Clc1ccc2c(c1Cl)c1c(n2CCOc2ccc3c(c2)OCO3)CCNCC1. The van der Waals surface area contributed by atoms with Gasteiger partial charge in [0.15, 0.2) is 11.5 Å². The highest BCUT2D eigenvalue weighted by Crippen LogP contribution is 2.38. The molecular weight excluding hydrogens is 399 g/mol. The molecule has 0 unspecified atom stereocenters. The Balaban J connectivity index is 1.44. The number of halogens is 2. The van der Waals surface area contributed by atoms with Crippen molar-refractivity contribution in [1.82, 2.24) is 9.88 Å². The van der Waals surface area contributed by atoms with E-state index in [0.717, 1.165) is 60.6 Å². The van der Waals surface area contributed by atoms with Crippen molar-refractivity contribution in [2.75, 3.05) is 26.5 Å². The molecule has 146 valence electrons. The lowest BCUT2D eigenvalue weighted by molar-refractivity contribution is 0.173. The zero-order valence-corrected chi connectivity index (χ0v) is 16.8. The van der Waals surface area contributed by atoms with E-state index in [4.69, 9.17) is 37.4 Å². The first-order valence-corrected chi connectivity index (χ1v) is 10.2. The van der Waals surface area contributed by atoms with Gasteiger partial charge in [-0.3, -0.25) is 0 Å². The van der Waals surface area contributed by atoms with Gasteiger partial charge in [-0.15, -0.1) is 0 Å². The fourth-order valence-electron chi connectivity index (χ4n) is 4.08. The lowest BCUT2D eigenvalue weighted by Gasteiger charge is -2.13. The van der Waals surface area contributed by atoms with E-state index >= 15 is 0 Å². The second-order valence-electron chi connectivity index (χ2n) is 6.95. The first-order chi connectivity index (χ1) is 13.7. The van der Waals surface area contributed by atoms with Crippen molar-refractivity contribution in [2.45, 2.75) is 19.4 Å². The minimum atomic E-state index is 0.262. The van der Waals surface area contributed by atoms with Crippen molar-refractivity contribution < 1.29 is 14.2 Å². The predicted molar refractivity (Wildman–Crippen MR) is 110 cm³/mol. The molecule has 7 heteroatoms. The summed E-state index contributed by atoms with van der Waals surface area (Å²) >= 11 is 12.9. The second-order valence-corrected chi connectivity index (χ2v) is 7.73. The average Bonchev–Trinajstić information content (AvgIpc) is 3.19. The minimum absolute atomic E-state index is 0.262. The molecule has 2 aliphatic rings. The first kappa shape index (κ1) is 18.0. The lowest BCUT2D eigenvalue weighted by atomic mass is 10.1. The van der Waals surface area contributed by atoms with Crippen LogP contribution in [0.15, 0.2) is 30.3 Å². The van der Waals surface area contributed by atoms with Crippen molar-refractivity contribution >= 4 is 34.1 Å². The van der Waals surface area contributed by atoms with Gasteiger partial charge in [0.1, 0.15) is 12.4 Å². The van der Waals surface area contributed by atoms with Crippen molar-refractivity contribution in [3.05, 3.63) is 51.6 Å². The number of nitrogens with one attached hydrogen (secondary N) is 1. The molecule has 3 aromatic rings. The topological polar surface area (TPSA) is 44.7 Å². The van der Waals surface area contributed by atoms with E-state index in [9.17, 15) is 0 Å². The normalized spacial score (nSPS) is 15.5. The largest absolute Gasteiger partial charge is 0.492 e. The van der Waals surface area contributed by atoms with Crippen molar-refractivity contribution in [3.63, 3.8) is 0 Å². The summed E-state index contributed by atoms with van der Waals surface area (Å²) in [6.45, 7) is 3.44. The first-order valence-electron chi connectivity index (χ1n) is 9.43. The van der Waals surface area contributed by atoms with Gasteiger partial charge in [0.25, 0.3) is 0 Å². The Morgan fingerprint density at radius 3 is 2.82 bits per heavy atom. The van der Waals surface area contributed by atoms with Crippen LogP contribution in [0.5, 0.6) is 17.2 Å². The van der Waals surface area contributed by atoms with E-state index in [-0.39, 0.29) is 6.79 Å². The summed E-state index contributed by atoms with van der Waals surface area (Å²) in [5.74, 6) is 2.26. The Morgan fingerprint density at radius 2 is 1.89 bits per heavy atom. The van der Waals surface area contributed by atoms with Crippen LogP contribution >= 0.6 is 23.2 Å². The molecular formula is C21H20Cl2N2O3. The molecule has 1 aromatic heterocycles. The van der Waals surface area contributed by atoms with E-state index in [1.807, 2.05) is 24.3 Å². The van der Waals surface area contributed by atoms with E-state index in [0.29, 0.717) is 16.7 Å². The second kappa shape index (κ2) is 7.39. The molecule has 0 radical (unpaired) electrons. The number of fused-ring (bicyclic) bond motifs is 4. The standard InChI is InChI=1S/C21H20Cl2N2O3/c22-15-2-3-17-20(21(15)23)14-5-7-24-8-6-16(14)25(17)9-10-26-13-1-4-18-19(11-13)28-12-27-18/h1-4,11,24H,5-10,12H2. The Bertz CT molecular complexity index is 1050. The van der Waals surface area contributed by atoms with E-state index < -0.39 is 0 Å². The zero-order chi connectivity index (χ0) is 19.1. The van der Waals surface area contributed by atoms with E-state index in [1.165, 1.54) is 11.3 Å². The number of ether oxygens (including phenoxy) is 3. The van der Waals surface area contributed by atoms with Crippen molar-refractivity contribution in [1.29, 1.82) is 0 Å². The molecule has 0 saturated heterocycles. The Labute approximate surface area is 173 Å². The van der Waals surface area contributed by atoms with Gasteiger partial charge >= 0.3 is 0 Å². The molecule has 5 rings (SSSR count). The average molecular weight is 419 g/mol. The number of aromatic nitrogens is 1. The molecule has 0 fully saturated rings. The van der Waals surface area contributed by atoms with Crippen LogP contribution in [0.25, 0.3) is 10.9 Å². The van der Waals surface area contributed by atoms with Gasteiger partial charge in [0.05, 0.1) is 22.1 Å². The van der Waals surface area contributed by atoms with Gasteiger partial charge in [0.2, 0.25) is 6.79 Å². The Kier molecular flexibility index (Phi) is 4.75. The maximum atomic E-state index is 6.59. The van der Waals surface area contributed by atoms with Gasteiger partial charge in [0, 0.05) is 30.1 Å². The van der Waals surface area contributed by atoms with Crippen molar-refractivity contribution in [3.8, 4) is 17.2 Å². The quantitative estimate of drug-likeness (QED) is 0.679. The molecule has 1 N–H and O–H groups in total. The highest BCUT2D eigenvalue weighted by atomic mass is 35.5. The monoisotopic (exact) mass is 418 g/mol. The maximum Gasteiger partial charge on any atom is 0.231 e. The Hall–Kier alpha value is -2.08. The summed E-state index contributed by atoms with van der Waals surface area (Å²) in [6.07, 6.45) is 1.91. The molecule has 0 atom stereocenters. The minimum Gasteiger partial charge on any atom is -0.492 e. The highest BCUT2D eigenvalue weighted by molar-refractivity contribution is 6.45. The number of rotatable bonds is 4. The Morgan fingerprint density at radius 1 is 1.04 bits per heavy atom. The van der Waals surface area contributed by atoms with Crippen LogP contribution in [0, 0.1) is 0 Å². The summed E-state index contributed by atoms with van der Waals surface area (Å²) in [5, 5.41) is 5.79. The molecule has 0 amide bonds. The molecule has 0 bridgehead atoms. The van der Waals surface area contributed by atoms with Gasteiger partial charge in [-0.25, -0.2) is 0 Å². The number of hydrogen-bond acceptors (Lipinski definition) is 4. The predicted octanol–water partition coefficient (Wildman–Crippen LogP) is 4.44. The third-order valence-corrected chi connectivity index (χ3v) is 6.16. The third kappa shape index (κ3) is 3.08. The summed E-state index contributed by atoms with van der Waals surface area (Å²) in [5.41, 5.74) is 3.74. The van der Waals surface area contributed by atoms with Crippen LogP contribution < -0.4 is 19.5 Å². The summed E-state index contributed by atoms with van der Waals surface area (Å²) in [7, 11) is 0. The van der Waals surface area contributed by atoms with Gasteiger partial charge in [-0.2, -0.15) is 0 Å². The molecule has 2 aliphatic heterocycles. The number of hydrogen-bond donors (Lipinski definition) is 1. The summed E-state index contributed by atoms with van der Waals surface area (Å²) in [6, 6.07) is 9.59. The molecule has 0 saturated carbocycles. The fourth-order valence-corrected chi connectivity index (χ4v) is 4.51. The summed E-state index contributed by atoms with van der Waals surface area (Å²) in [4.78, 5) is 0. The zero-order valence-electron chi connectivity index (χ0n) is 15.3. The van der Waals surface area contributed by atoms with Crippen LogP contribution in [-0.4, -0.2) is 31.1 Å². The van der Waals surface area contributed by atoms with Gasteiger partial charge in [-0.1, -0.05) is 23.2 Å². The van der Waals surface area contributed by atoms with E-state index in [2.05, 4.69) is 16.0 Å². The van der Waals surface area contributed by atoms with Crippen molar-refractivity contribution in [2.24, 2.45) is 0 Å². The third-order valence-electron chi connectivity index (χ3n) is 5.36. The highest BCUT2D eigenvalue weighted by Gasteiger charge is 2.22.